The van der Waals surface area contributed by atoms with Crippen LogP contribution in [0.25, 0.3) is 90.5 Å². The van der Waals surface area contributed by atoms with Gasteiger partial charge in [0.25, 0.3) is 0 Å². The molecule has 8 aromatic rings. The molecule has 6 heteroatoms. The van der Waals surface area contributed by atoms with Gasteiger partial charge in [-0.05, 0) is 74.9 Å². The van der Waals surface area contributed by atoms with Crippen LogP contribution in [0, 0.1) is 0 Å². The molecule has 260 valence electrons. The molecule has 3 aromatic heterocycles. The van der Waals surface area contributed by atoms with Crippen LogP contribution in [0.2, 0.25) is 0 Å². The third kappa shape index (κ3) is 6.51. The summed E-state index contributed by atoms with van der Waals surface area (Å²) in [5.41, 5.74) is 16.4. The van der Waals surface area contributed by atoms with Crippen molar-refractivity contribution in [2.75, 3.05) is 5.32 Å². The summed E-state index contributed by atoms with van der Waals surface area (Å²) in [6.07, 6.45) is 6.36. The summed E-state index contributed by atoms with van der Waals surface area (Å²) < 4.78 is 0. The molecule has 0 saturated heterocycles. The van der Waals surface area contributed by atoms with Crippen LogP contribution < -0.4 is 15.3 Å². The molecule has 1 N–H and O–H groups in total. The van der Waals surface area contributed by atoms with E-state index in [1.165, 1.54) is 0 Å². The van der Waals surface area contributed by atoms with Crippen molar-refractivity contribution in [2.24, 2.45) is 0 Å². The Kier molecular flexibility index (Phi) is 9.40. The second-order valence-corrected chi connectivity index (χ2v) is 13.5. The molecule has 2 aliphatic rings. The van der Waals surface area contributed by atoms with Gasteiger partial charge >= 0.3 is 19.5 Å². The van der Waals surface area contributed by atoms with Gasteiger partial charge in [-0.2, -0.15) is 0 Å². The first-order valence-corrected chi connectivity index (χ1v) is 18.4. The molecular weight excluding hydrogens is 736 g/mol. The van der Waals surface area contributed by atoms with Crippen molar-refractivity contribution in [2.45, 2.75) is 0 Å². The van der Waals surface area contributed by atoms with E-state index in [2.05, 4.69) is 157 Å². The van der Waals surface area contributed by atoms with Crippen LogP contribution in [0.15, 0.2) is 176 Å². The monoisotopic (exact) mass is 767 g/mol. The molecule has 8 bridgehead atoms. The Labute approximate surface area is 338 Å². The Bertz CT molecular complexity index is 2910. The van der Waals surface area contributed by atoms with Crippen molar-refractivity contribution in [3.05, 3.63) is 199 Å². The van der Waals surface area contributed by atoms with Gasteiger partial charge in [-0.15, -0.1) is 22.1 Å². The minimum Gasteiger partial charge on any atom is -0.657 e. The molecule has 5 aromatic carbocycles. The first-order valence-electron chi connectivity index (χ1n) is 18.4. The van der Waals surface area contributed by atoms with E-state index in [9.17, 15) is 0 Å². The SMILES string of the molecule is C1=Cc2nc1c(-c1ccccc1)c1ccc([n-]1)c(-c1ccccc1)c1nc(c(-c3ccccc3)c3ccc([n-]3)c2-c2ccccc2)C(Nc2ccccc2)=C1.[Zn+2]. The molecule has 0 unspecified atom stereocenters. The van der Waals surface area contributed by atoms with Gasteiger partial charge in [-0.25, -0.2) is 9.97 Å². The van der Waals surface area contributed by atoms with E-state index in [1.54, 1.807) is 0 Å². The van der Waals surface area contributed by atoms with Gasteiger partial charge in [-0.1, -0.05) is 164 Å². The molecule has 0 aliphatic carbocycles. The Hall–Kier alpha value is -6.88. The maximum atomic E-state index is 5.54. The van der Waals surface area contributed by atoms with Gasteiger partial charge in [-0.3, -0.25) is 0 Å². The van der Waals surface area contributed by atoms with Crippen molar-refractivity contribution < 1.29 is 19.5 Å². The topological polar surface area (TPSA) is 66.0 Å². The molecule has 10 rings (SSSR count). The molecule has 2 aliphatic heterocycles. The summed E-state index contributed by atoms with van der Waals surface area (Å²) in [5.74, 6) is 0. The molecule has 0 saturated carbocycles. The number of hydrogen-bond donors (Lipinski definition) is 1. The van der Waals surface area contributed by atoms with E-state index in [1.807, 2.05) is 42.5 Å². The second kappa shape index (κ2) is 15.1. The molecule has 0 fully saturated rings. The normalized spacial score (nSPS) is 11.8. The number of para-hydroxylation sites is 1. The van der Waals surface area contributed by atoms with Crippen LogP contribution in [0.3, 0.4) is 0 Å². The van der Waals surface area contributed by atoms with Crippen LogP contribution in [0.1, 0.15) is 22.8 Å². The fourth-order valence-corrected chi connectivity index (χ4v) is 7.54. The zero-order valence-corrected chi connectivity index (χ0v) is 33.4. The number of aromatic nitrogens is 4. The zero-order valence-electron chi connectivity index (χ0n) is 30.5. The maximum Gasteiger partial charge on any atom is 2.00 e. The van der Waals surface area contributed by atoms with Crippen molar-refractivity contribution in [3.8, 4) is 44.5 Å². The predicted octanol–water partition coefficient (Wildman–Crippen LogP) is 12.0. The van der Waals surface area contributed by atoms with Gasteiger partial charge < -0.3 is 15.3 Å². The quantitative estimate of drug-likeness (QED) is 0.171. The van der Waals surface area contributed by atoms with Crippen molar-refractivity contribution >= 4 is 51.7 Å². The van der Waals surface area contributed by atoms with Crippen molar-refractivity contribution in [3.63, 3.8) is 0 Å². The molecule has 5 nitrogen and oxygen atoms in total. The summed E-state index contributed by atoms with van der Waals surface area (Å²) in [6.45, 7) is 0. The van der Waals surface area contributed by atoms with Crippen molar-refractivity contribution in [1.29, 1.82) is 0 Å². The largest absolute Gasteiger partial charge is 2.00 e. The van der Waals surface area contributed by atoms with Gasteiger partial charge in [0.1, 0.15) is 0 Å². The molecular formula is C50H33N5Zn. The smallest absolute Gasteiger partial charge is 0.657 e. The van der Waals surface area contributed by atoms with E-state index in [-0.39, 0.29) is 19.5 Å². The van der Waals surface area contributed by atoms with Gasteiger partial charge in [0.05, 0.1) is 28.5 Å². The molecule has 5 heterocycles. The summed E-state index contributed by atoms with van der Waals surface area (Å²) in [5, 5.41) is 3.73. The van der Waals surface area contributed by atoms with Crippen LogP contribution in [-0.2, 0) is 19.5 Å². The van der Waals surface area contributed by atoms with Crippen LogP contribution in [0.4, 0.5) is 5.69 Å². The van der Waals surface area contributed by atoms with E-state index in [0.717, 1.165) is 101 Å². The van der Waals surface area contributed by atoms with Gasteiger partial charge in [0.15, 0.2) is 0 Å². The molecule has 0 atom stereocenters. The van der Waals surface area contributed by atoms with Crippen molar-refractivity contribution in [1.82, 2.24) is 19.9 Å². The fourth-order valence-electron chi connectivity index (χ4n) is 7.54. The molecule has 0 amide bonds. The van der Waals surface area contributed by atoms with E-state index >= 15 is 0 Å². The van der Waals surface area contributed by atoms with Crippen LogP contribution in [-0.4, -0.2) is 9.97 Å². The summed E-state index contributed by atoms with van der Waals surface area (Å²) in [4.78, 5) is 21.7. The van der Waals surface area contributed by atoms with Gasteiger partial charge in [0.2, 0.25) is 0 Å². The fraction of sp³-hybridized carbons (Fsp3) is 0. The number of nitrogens with one attached hydrogen (secondary N) is 1. The second-order valence-electron chi connectivity index (χ2n) is 13.5. The minimum absolute atomic E-state index is 0. The zero-order chi connectivity index (χ0) is 36.6. The Balaban J connectivity index is 0.00000410. The Morgan fingerprint density at radius 1 is 0.357 bits per heavy atom. The predicted molar refractivity (Wildman–Crippen MR) is 228 cm³/mol. The first kappa shape index (κ1) is 34.9. The summed E-state index contributed by atoms with van der Waals surface area (Å²) >= 11 is 0. The third-order valence-corrected chi connectivity index (χ3v) is 10.0. The molecule has 0 radical (unpaired) electrons. The Morgan fingerprint density at radius 2 is 0.714 bits per heavy atom. The van der Waals surface area contributed by atoms with Crippen LogP contribution in [0.5, 0.6) is 0 Å². The van der Waals surface area contributed by atoms with E-state index < -0.39 is 0 Å². The molecule has 56 heavy (non-hydrogen) atoms. The number of fused-ring (bicyclic) bond motifs is 8. The Morgan fingerprint density at radius 3 is 1.14 bits per heavy atom. The number of hydrogen-bond acceptors (Lipinski definition) is 3. The average molecular weight is 769 g/mol. The van der Waals surface area contributed by atoms with Crippen LogP contribution >= 0.6 is 0 Å². The van der Waals surface area contributed by atoms with Gasteiger partial charge in [0, 0.05) is 5.69 Å². The van der Waals surface area contributed by atoms with E-state index in [0.29, 0.717) is 0 Å². The minimum atomic E-state index is 0. The number of benzene rings is 5. The number of rotatable bonds is 6. The summed E-state index contributed by atoms with van der Waals surface area (Å²) in [6, 6.07) is 60.3. The third-order valence-electron chi connectivity index (χ3n) is 10.0. The number of anilines is 1. The first-order chi connectivity index (χ1) is 27.3. The maximum absolute atomic E-state index is 5.54. The summed E-state index contributed by atoms with van der Waals surface area (Å²) in [7, 11) is 0. The van der Waals surface area contributed by atoms with E-state index in [4.69, 9.17) is 19.9 Å². The number of nitrogens with zero attached hydrogens (tertiary/aromatic N) is 4. The standard InChI is InChI=1S/C50H33N5.Zn/c1-6-16-33(17-7-1)46-38-26-27-39(52-38)47(34-18-8-2-9-19-34)41-30-31-43(54-41)49(36-22-12-4-13-23-36)50-45(51-37-24-14-5-15-25-37)32-44(55-50)48(35-20-10-3-11-21-35)42-29-28-40(46)53-42;/h1-32,51H;/q-2;+2. The average Bonchev–Trinajstić information content (AvgIpc) is 4.08. The molecule has 0 spiro atoms.